The Hall–Kier alpha value is -2.89. The Morgan fingerprint density at radius 1 is 1.19 bits per heavy atom. The summed E-state index contributed by atoms with van der Waals surface area (Å²) in [4.78, 5) is 15.0. The number of methoxy groups -OCH3 is 1. The maximum Gasteiger partial charge on any atom is 0.255 e. The Bertz CT molecular complexity index is 785. The fourth-order valence-electron chi connectivity index (χ4n) is 3.19. The third-order valence-electron chi connectivity index (χ3n) is 4.51. The number of fused-ring (bicyclic) bond motifs is 1. The zero-order valence-electron chi connectivity index (χ0n) is 16.2. The third kappa shape index (κ3) is 4.10. The van der Waals surface area contributed by atoms with Crippen LogP contribution in [0.15, 0.2) is 36.4 Å². The molecule has 3 rings (SSSR count). The minimum Gasteiger partial charge on any atom is -0.493 e. The minimum atomic E-state index is -0.228. The lowest BCUT2D eigenvalue weighted by Gasteiger charge is -2.27. The smallest absolute Gasteiger partial charge is 0.255 e. The van der Waals surface area contributed by atoms with Gasteiger partial charge in [-0.05, 0) is 57.2 Å². The second-order valence-electron chi connectivity index (χ2n) is 6.58. The van der Waals surface area contributed by atoms with Gasteiger partial charge in [0.1, 0.15) is 13.2 Å². The van der Waals surface area contributed by atoms with Gasteiger partial charge < -0.3 is 24.4 Å². The summed E-state index contributed by atoms with van der Waals surface area (Å²) in [6.07, 6.45) is 0. The van der Waals surface area contributed by atoms with Gasteiger partial charge >= 0.3 is 0 Å². The van der Waals surface area contributed by atoms with Crippen molar-refractivity contribution < 1.29 is 19.0 Å². The largest absolute Gasteiger partial charge is 0.493 e. The highest BCUT2D eigenvalue weighted by atomic mass is 16.6. The van der Waals surface area contributed by atoms with Gasteiger partial charge in [0, 0.05) is 29.5 Å². The highest BCUT2D eigenvalue weighted by molar-refractivity contribution is 6.05. The Morgan fingerprint density at radius 2 is 1.89 bits per heavy atom. The molecule has 0 aliphatic carbocycles. The van der Waals surface area contributed by atoms with Crippen molar-refractivity contribution in [3.05, 3.63) is 42.0 Å². The van der Waals surface area contributed by atoms with Gasteiger partial charge in [0.15, 0.2) is 11.5 Å². The summed E-state index contributed by atoms with van der Waals surface area (Å²) in [6, 6.07) is 11.6. The second-order valence-corrected chi connectivity index (χ2v) is 6.58. The number of nitrogens with zero attached hydrogens (tertiary/aromatic N) is 1. The average Bonchev–Trinajstić information content (AvgIpc) is 2.68. The summed E-state index contributed by atoms with van der Waals surface area (Å²) in [6.45, 7) is 8.30. The first kappa shape index (κ1) is 18.9. The van der Waals surface area contributed by atoms with Gasteiger partial charge in [0.25, 0.3) is 5.91 Å². The normalized spacial score (nSPS) is 12.6. The first-order chi connectivity index (χ1) is 13.0. The average molecular weight is 370 g/mol. The van der Waals surface area contributed by atoms with Crippen LogP contribution in [-0.2, 0) is 0 Å². The quantitative estimate of drug-likeness (QED) is 0.834. The molecule has 27 heavy (non-hydrogen) atoms. The zero-order chi connectivity index (χ0) is 19.4. The third-order valence-corrected chi connectivity index (χ3v) is 4.51. The molecular formula is C21H26N2O4. The number of carbonyl (C=O) groups is 1. The second kappa shape index (κ2) is 8.20. The maximum atomic E-state index is 12.7. The first-order valence-electron chi connectivity index (χ1n) is 9.19. The van der Waals surface area contributed by atoms with Gasteiger partial charge in [-0.25, -0.2) is 0 Å². The van der Waals surface area contributed by atoms with Crippen molar-refractivity contribution in [1.29, 1.82) is 0 Å². The molecule has 0 spiro atoms. The molecule has 2 aromatic rings. The Balaban J connectivity index is 1.77. The van der Waals surface area contributed by atoms with E-state index in [1.807, 2.05) is 24.3 Å². The molecule has 1 heterocycles. The van der Waals surface area contributed by atoms with E-state index in [0.717, 1.165) is 17.9 Å². The van der Waals surface area contributed by atoms with E-state index in [2.05, 4.69) is 31.0 Å². The van der Waals surface area contributed by atoms with Crippen LogP contribution in [0.25, 0.3) is 0 Å². The summed E-state index contributed by atoms with van der Waals surface area (Å²) >= 11 is 0. The summed E-state index contributed by atoms with van der Waals surface area (Å²) in [5.74, 6) is 1.33. The van der Waals surface area contributed by atoms with Crippen molar-refractivity contribution in [3.63, 3.8) is 0 Å². The molecule has 0 unspecified atom stereocenters. The van der Waals surface area contributed by atoms with Crippen molar-refractivity contribution in [3.8, 4) is 17.2 Å². The Morgan fingerprint density at radius 3 is 2.52 bits per heavy atom. The molecule has 0 saturated carbocycles. The first-order valence-corrected chi connectivity index (χ1v) is 9.19. The van der Waals surface area contributed by atoms with Gasteiger partial charge in [-0.3, -0.25) is 4.79 Å². The number of carbonyl (C=O) groups excluding carboxylic acids is 1. The number of ether oxygens (including phenoxy) is 3. The number of amides is 1. The molecule has 1 N–H and O–H groups in total. The van der Waals surface area contributed by atoms with Gasteiger partial charge in [-0.2, -0.15) is 0 Å². The van der Waals surface area contributed by atoms with Crippen molar-refractivity contribution in [2.45, 2.75) is 26.8 Å². The molecule has 0 atom stereocenters. The molecule has 0 fully saturated rings. The number of hydrogen-bond acceptors (Lipinski definition) is 5. The molecule has 0 bridgehead atoms. The van der Waals surface area contributed by atoms with E-state index < -0.39 is 0 Å². The lowest BCUT2D eigenvalue weighted by Crippen LogP contribution is -2.30. The van der Waals surface area contributed by atoms with E-state index in [1.54, 1.807) is 19.2 Å². The van der Waals surface area contributed by atoms with E-state index >= 15 is 0 Å². The van der Waals surface area contributed by atoms with Crippen molar-refractivity contribution in [1.82, 2.24) is 0 Å². The maximum absolute atomic E-state index is 12.7. The van der Waals surface area contributed by atoms with Crippen LogP contribution >= 0.6 is 0 Å². The summed E-state index contributed by atoms with van der Waals surface area (Å²) in [7, 11) is 1.54. The van der Waals surface area contributed by atoms with E-state index in [4.69, 9.17) is 14.2 Å². The van der Waals surface area contributed by atoms with Gasteiger partial charge in [0.05, 0.1) is 7.11 Å². The van der Waals surface area contributed by atoms with Gasteiger partial charge in [-0.1, -0.05) is 0 Å². The van der Waals surface area contributed by atoms with Crippen LogP contribution in [-0.4, -0.2) is 38.8 Å². The standard InChI is InChI=1S/C21H26N2O4/c1-5-23(14(2)3)17-8-6-16(7-9-17)22-21(24)15-12-18(25-4)20-19(13-15)26-10-11-27-20/h6-9,12-14H,5,10-11H2,1-4H3,(H,22,24). The zero-order valence-corrected chi connectivity index (χ0v) is 16.2. The Kier molecular flexibility index (Phi) is 5.74. The lowest BCUT2D eigenvalue weighted by molar-refractivity contribution is 0.102. The predicted octanol–water partition coefficient (Wildman–Crippen LogP) is 3.95. The molecule has 2 aromatic carbocycles. The van der Waals surface area contributed by atoms with E-state index in [1.165, 1.54) is 0 Å². The molecule has 6 nitrogen and oxygen atoms in total. The SMILES string of the molecule is CCN(c1ccc(NC(=O)c2cc(OC)c3c(c2)OCCO3)cc1)C(C)C. The number of rotatable bonds is 6. The fraction of sp³-hybridized carbons (Fsp3) is 0.381. The summed E-state index contributed by atoms with van der Waals surface area (Å²) in [5, 5.41) is 2.92. The molecule has 1 aliphatic heterocycles. The summed E-state index contributed by atoms with van der Waals surface area (Å²) in [5.41, 5.74) is 2.32. The minimum absolute atomic E-state index is 0.228. The molecule has 0 aromatic heterocycles. The van der Waals surface area contributed by atoms with Crippen molar-refractivity contribution in [2.24, 2.45) is 0 Å². The molecule has 6 heteroatoms. The molecular weight excluding hydrogens is 344 g/mol. The monoisotopic (exact) mass is 370 g/mol. The number of benzene rings is 2. The van der Waals surface area contributed by atoms with Crippen molar-refractivity contribution in [2.75, 3.05) is 37.1 Å². The van der Waals surface area contributed by atoms with Crippen LogP contribution in [0.2, 0.25) is 0 Å². The van der Waals surface area contributed by atoms with Crippen LogP contribution < -0.4 is 24.4 Å². The molecule has 144 valence electrons. The van der Waals surface area contributed by atoms with Gasteiger partial charge in [-0.15, -0.1) is 0 Å². The fourth-order valence-corrected chi connectivity index (χ4v) is 3.19. The Labute approximate surface area is 160 Å². The molecule has 0 radical (unpaired) electrons. The molecule has 0 saturated heterocycles. The van der Waals surface area contributed by atoms with Crippen LogP contribution in [0, 0.1) is 0 Å². The summed E-state index contributed by atoms with van der Waals surface area (Å²) < 4.78 is 16.5. The van der Waals surface area contributed by atoms with Crippen molar-refractivity contribution >= 4 is 17.3 Å². The van der Waals surface area contributed by atoms with Gasteiger partial charge in [0.2, 0.25) is 5.75 Å². The molecule has 1 amide bonds. The number of nitrogens with one attached hydrogen (secondary N) is 1. The lowest BCUT2D eigenvalue weighted by atomic mass is 10.1. The number of anilines is 2. The van der Waals surface area contributed by atoms with Crippen LogP contribution in [0.3, 0.4) is 0 Å². The van der Waals surface area contributed by atoms with Crippen LogP contribution in [0.4, 0.5) is 11.4 Å². The van der Waals surface area contributed by atoms with E-state index in [9.17, 15) is 4.79 Å². The van der Waals surface area contributed by atoms with E-state index in [0.29, 0.717) is 42.1 Å². The number of hydrogen-bond donors (Lipinski definition) is 1. The topological polar surface area (TPSA) is 60.0 Å². The van der Waals surface area contributed by atoms with E-state index in [-0.39, 0.29) is 5.91 Å². The molecule has 1 aliphatic rings. The van der Waals surface area contributed by atoms with Crippen LogP contribution in [0.1, 0.15) is 31.1 Å². The highest BCUT2D eigenvalue weighted by Gasteiger charge is 2.21. The highest BCUT2D eigenvalue weighted by Crippen LogP contribution is 2.40. The van der Waals surface area contributed by atoms with Crippen LogP contribution in [0.5, 0.6) is 17.2 Å². The predicted molar refractivity (Wildman–Crippen MR) is 107 cm³/mol.